The fourth-order valence-electron chi connectivity index (χ4n) is 1.86. The van der Waals surface area contributed by atoms with Crippen molar-refractivity contribution in [1.82, 2.24) is 5.32 Å². The summed E-state index contributed by atoms with van der Waals surface area (Å²) in [4.78, 5) is 10.1. The van der Waals surface area contributed by atoms with Crippen LogP contribution in [0, 0.1) is 10.1 Å². The third-order valence-corrected chi connectivity index (χ3v) is 3.35. The van der Waals surface area contributed by atoms with Gasteiger partial charge in [-0.3, -0.25) is 10.1 Å². The second-order valence-corrected chi connectivity index (χ2v) is 4.91. The van der Waals surface area contributed by atoms with E-state index in [0.29, 0.717) is 6.54 Å². The summed E-state index contributed by atoms with van der Waals surface area (Å²) in [6.07, 6.45) is 0. The Hall–Kier alpha value is -2.11. The SMILES string of the molecule is O=[N+]([O-])c1ccc(NCCNCc2ccccc2Cl)cc1. The maximum absolute atomic E-state index is 10.5. The van der Waals surface area contributed by atoms with Gasteiger partial charge in [0.25, 0.3) is 5.69 Å². The minimum atomic E-state index is -0.408. The van der Waals surface area contributed by atoms with Crippen LogP contribution in [-0.2, 0) is 6.54 Å². The van der Waals surface area contributed by atoms with Crippen molar-refractivity contribution >= 4 is 23.0 Å². The molecule has 110 valence electrons. The van der Waals surface area contributed by atoms with Crippen molar-refractivity contribution in [3.63, 3.8) is 0 Å². The van der Waals surface area contributed by atoms with Crippen molar-refractivity contribution in [3.05, 3.63) is 69.2 Å². The number of hydrogen-bond donors (Lipinski definition) is 2. The lowest BCUT2D eigenvalue weighted by atomic mass is 10.2. The number of nitrogens with zero attached hydrogens (tertiary/aromatic N) is 1. The summed E-state index contributed by atoms with van der Waals surface area (Å²) >= 11 is 6.06. The minimum absolute atomic E-state index is 0.0948. The molecule has 0 atom stereocenters. The first-order valence-corrected chi connectivity index (χ1v) is 6.97. The van der Waals surface area contributed by atoms with Crippen molar-refractivity contribution in [1.29, 1.82) is 0 Å². The van der Waals surface area contributed by atoms with Crippen molar-refractivity contribution in [2.75, 3.05) is 18.4 Å². The summed E-state index contributed by atoms with van der Waals surface area (Å²) in [5.41, 5.74) is 2.02. The topological polar surface area (TPSA) is 67.2 Å². The van der Waals surface area contributed by atoms with E-state index in [9.17, 15) is 10.1 Å². The summed E-state index contributed by atoms with van der Waals surface area (Å²) in [6.45, 7) is 2.20. The van der Waals surface area contributed by atoms with E-state index in [2.05, 4.69) is 10.6 Å². The van der Waals surface area contributed by atoms with Gasteiger partial charge in [-0.1, -0.05) is 29.8 Å². The Kier molecular flexibility index (Phi) is 5.54. The Bertz CT molecular complexity index is 602. The largest absolute Gasteiger partial charge is 0.384 e. The average Bonchev–Trinajstić information content (AvgIpc) is 2.49. The van der Waals surface area contributed by atoms with Gasteiger partial charge in [-0.25, -0.2) is 0 Å². The summed E-state index contributed by atoms with van der Waals surface area (Å²) in [7, 11) is 0. The quantitative estimate of drug-likeness (QED) is 0.467. The molecular weight excluding hydrogens is 290 g/mol. The molecule has 0 saturated carbocycles. The highest BCUT2D eigenvalue weighted by Crippen LogP contribution is 2.15. The predicted molar refractivity (Wildman–Crippen MR) is 84.7 cm³/mol. The molecule has 2 rings (SSSR count). The lowest BCUT2D eigenvalue weighted by molar-refractivity contribution is -0.384. The number of halogens is 1. The van der Waals surface area contributed by atoms with Crippen LogP contribution in [0.1, 0.15) is 5.56 Å². The number of hydrogen-bond acceptors (Lipinski definition) is 4. The molecule has 5 nitrogen and oxygen atoms in total. The molecular formula is C15H16ClN3O2. The van der Waals surface area contributed by atoms with E-state index in [0.717, 1.165) is 29.4 Å². The van der Waals surface area contributed by atoms with Gasteiger partial charge in [0, 0.05) is 42.5 Å². The Labute approximate surface area is 128 Å². The van der Waals surface area contributed by atoms with Crippen molar-refractivity contribution in [2.24, 2.45) is 0 Å². The molecule has 0 unspecified atom stereocenters. The second-order valence-electron chi connectivity index (χ2n) is 4.50. The van der Waals surface area contributed by atoms with E-state index >= 15 is 0 Å². The van der Waals surface area contributed by atoms with Gasteiger partial charge in [0.15, 0.2) is 0 Å². The zero-order valence-corrected chi connectivity index (χ0v) is 12.1. The van der Waals surface area contributed by atoms with Crippen LogP contribution < -0.4 is 10.6 Å². The van der Waals surface area contributed by atoms with Crippen LogP contribution in [0.25, 0.3) is 0 Å². The zero-order valence-electron chi connectivity index (χ0n) is 11.4. The highest BCUT2D eigenvalue weighted by molar-refractivity contribution is 6.31. The number of non-ortho nitro benzene ring substituents is 1. The van der Waals surface area contributed by atoms with Crippen molar-refractivity contribution in [3.8, 4) is 0 Å². The molecule has 6 heteroatoms. The molecule has 21 heavy (non-hydrogen) atoms. The number of nitro groups is 1. The number of rotatable bonds is 7. The summed E-state index contributed by atoms with van der Waals surface area (Å²) < 4.78 is 0. The lowest BCUT2D eigenvalue weighted by Gasteiger charge is -2.08. The first-order valence-electron chi connectivity index (χ1n) is 6.59. The molecule has 2 aromatic rings. The summed E-state index contributed by atoms with van der Waals surface area (Å²) in [5.74, 6) is 0. The highest BCUT2D eigenvalue weighted by atomic mass is 35.5. The molecule has 0 heterocycles. The average molecular weight is 306 g/mol. The fourth-order valence-corrected chi connectivity index (χ4v) is 2.06. The lowest BCUT2D eigenvalue weighted by Crippen LogP contribution is -2.21. The van der Waals surface area contributed by atoms with E-state index in [4.69, 9.17) is 11.6 Å². The van der Waals surface area contributed by atoms with Crippen molar-refractivity contribution in [2.45, 2.75) is 6.54 Å². The Morgan fingerprint density at radius 3 is 2.43 bits per heavy atom. The van der Waals surface area contributed by atoms with E-state index in [1.54, 1.807) is 12.1 Å². The first kappa shape index (κ1) is 15.3. The van der Waals surface area contributed by atoms with Crippen LogP contribution in [0.4, 0.5) is 11.4 Å². The summed E-state index contributed by atoms with van der Waals surface area (Å²) in [5, 5.41) is 17.8. The van der Waals surface area contributed by atoms with Gasteiger partial charge in [-0.05, 0) is 23.8 Å². The van der Waals surface area contributed by atoms with Gasteiger partial charge >= 0.3 is 0 Å². The highest BCUT2D eigenvalue weighted by Gasteiger charge is 2.03. The molecule has 0 aromatic heterocycles. The molecule has 0 aliphatic heterocycles. The van der Waals surface area contributed by atoms with Gasteiger partial charge in [0.05, 0.1) is 4.92 Å². The molecule has 0 spiro atoms. The Morgan fingerprint density at radius 2 is 1.76 bits per heavy atom. The molecule has 0 radical (unpaired) electrons. The van der Waals surface area contributed by atoms with Crippen LogP contribution in [0.3, 0.4) is 0 Å². The molecule has 0 saturated heterocycles. The summed E-state index contributed by atoms with van der Waals surface area (Å²) in [6, 6.07) is 14.1. The van der Waals surface area contributed by atoms with Crippen LogP contribution in [0.2, 0.25) is 5.02 Å². The minimum Gasteiger partial charge on any atom is -0.384 e. The van der Waals surface area contributed by atoms with E-state index in [1.807, 2.05) is 24.3 Å². The van der Waals surface area contributed by atoms with E-state index in [-0.39, 0.29) is 5.69 Å². The van der Waals surface area contributed by atoms with Gasteiger partial charge in [-0.2, -0.15) is 0 Å². The fraction of sp³-hybridized carbons (Fsp3) is 0.200. The zero-order chi connectivity index (χ0) is 15.1. The molecule has 0 amide bonds. The van der Waals surface area contributed by atoms with Crippen LogP contribution >= 0.6 is 11.6 Å². The normalized spacial score (nSPS) is 10.3. The maximum Gasteiger partial charge on any atom is 0.269 e. The smallest absolute Gasteiger partial charge is 0.269 e. The first-order chi connectivity index (χ1) is 10.2. The molecule has 0 aliphatic carbocycles. The van der Waals surface area contributed by atoms with Gasteiger partial charge in [0.1, 0.15) is 0 Å². The molecule has 0 aliphatic rings. The number of nitrogens with one attached hydrogen (secondary N) is 2. The van der Waals surface area contributed by atoms with Gasteiger partial charge in [0.2, 0.25) is 0 Å². The second kappa shape index (κ2) is 7.61. The number of anilines is 1. The number of nitro benzene ring substituents is 1. The van der Waals surface area contributed by atoms with Gasteiger partial charge in [-0.15, -0.1) is 0 Å². The molecule has 2 N–H and O–H groups in total. The molecule has 0 fully saturated rings. The third kappa shape index (κ3) is 4.73. The number of benzene rings is 2. The van der Waals surface area contributed by atoms with E-state index < -0.39 is 4.92 Å². The molecule has 0 bridgehead atoms. The third-order valence-electron chi connectivity index (χ3n) is 2.98. The standard InChI is InChI=1S/C15H16ClN3O2/c16-15-4-2-1-3-12(15)11-17-9-10-18-13-5-7-14(8-6-13)19(20)21/h1-8,17-18H,9-11H2. The monoisotopic (exact) mass is 305 g/mol. The van der Waals surface area contributed by atoms with Crippen LogP contribution in [0.5, 0.6) is 0 Å². The Balaban J connectivity index is 1.70. The predicted octanol–water partition coefficient (Wildman–Crippen LogP) is 3.45. The Morgan fingerprint density at radius 1 is 1.05 bits per heavy atom. The van der Waals surface area contributed by atoms with Crippen LogP contribution in [-0.4, -0.2) is 18.0 Å². The van der Waals surface area contributed by atoms with Gasteiger partial charge < -0.3 is 10.6 Å². The maximum atomic E-state index is 10.5. The molecule has 2 aromatic carbocycles. The van der Waals surface area contributed by atoms with Crippen molar-refractivity contribution < 1.29 is 4.92 Å². The van der Waals surface area contributed by atoms with Crippen LogP contribution in [0.15, 0.2) is 48.5 Å². The van der Waals surface area contributed by atoms with E-state index in [1.165, 1.54) is 12.1 Å².